The van der Waals surface area contributed by atoms with E-state index in [0.29, 0.717) is 6.54 Å². The average molecular weight is 238 g/mol. The van der Waals surface area contributed by atoms with E-state index >= 15 is 0 Å². The SMILES string of the molecule is CCCNc1cc(NCC(O)CC)nc(C)n1. The molecule has 1 heterocycles. The van der Waals surface area contributed by atoms with Gasteiger partial charge in [-0.25, -0.2) is 9.97 Å². The quantitative estimate of drug-likeness (QED) is 0.675. The van der Waals surface area contributed by atoms with Crippen molar-refractivity contribution in [2.45, 2.75) is 39.7 Å². The second-order valence-electron chi connectivity index (χ2n) is 4.06. The van der Waals surface area contributed by atoms with Crippen LogP contribution in [-0.2, 0) is 0 Å². The lowest BCUT2D eigenvalue weighted by Gasteiger charge is -2.12. The number of hydrogen-bond acceptors (Lipinski definition) is 5. The number of aliphatic hydroxyl groups excluding tert-OH is 1. The Balaban J connectivity index is 2.61. The Bertz CT molecular complexity index is 343. The maximum absolute atomic E-state index is 9.48. The largest absolute Gasteiger partial charge is 0.391 e. The minimum absolute atomic E-state index is 0.336. The molecule has 17 heavy (non-hydrogen) atoms. The van der Waals surface area contributed by atoms with Gasteiger partial charge in [0.2, 0.25) is 0 Å². The number of hydrogen-bond donors (Lipinski definition) is 3. The fourth-order valence-electron chi connectivity index (χ4n) is 1.37. The van der Waals surface area contributed by atoms with Crippen LogP contribution in [0.2, 0.25) is 0 Å². The van der Waals surface area contributed by atoms with Crippen molar-refractivity contribution in [2.75, 3.05) is 23.7 Å². The maximum Gasteiger partial charge on any atom is 0.131 e. The molecule has 0 amide bonds. The monoisotopic (exact) mass is 238 g/mol. The molecule has 1 aromatic rings. The molecule has 0 saturated heterocycles. The Morgan fingerprint density at radius 1 is 1.24 bits per heavy atom. The number of anilines is 2. The van der Waals surface area contributed by atoms with Crippen molar-refractivity contribution in [1.82, 2.24) is 9.97 Å². The van der Waals surface area contributed by atoms with Crippen LogP contribution < -0.4 is 10.6 Å². The van der Waals surface area contributed by atoms with Crippen molar-refractivity contribution in [1.29, 1.82) is 0 Å². The zero-order valence-corrected chi connectivity index (χ0v) is 10.8. The third-order valence-electron chi connectivity index (χ3n) is 2.38. The summed E-state index contributed by atoms with van der Waals surface area (Å²) in [5, 5.41) is 15.8. The standard InChI is InChI=1S/C12H22N4O/c1-4-6-13-11-7-12(16-9(3)15-11)14-8-10(17)5-2/h7,10,17H,4-6,8H2,1-3H3,(H2,13,14,15,16). The summed E-state index contributed by atoms with van der Waals surface area (Å²) in [6, 6.07) is 1.87. The molecule has 1 rings (SSSR count). The first-order chi connectivity index (χ1) is 8.15. The zero-order valence-electron chi connectivity index (χ0n) is 10.8. The molecule has 0 fully saturated rings. The first-order valence-electron chi connectivity index (χ1n) is 6.17. The first-order valence-corrected chi connectivity index (χ1v) is 6.17. The van der Waals surface area contributed by atoms with Gasteiger partial charge in [-0.2, -0.15) is 0 Å². The predicted octanol–water partition coefficient (Wildman–Crippen LogP) is 1.79. The molecule has 0 aliphatic rings. The molecule has 0 aliphatic heterocycles. The van der Waals surface area contributed by atoms with Crippen LogP contribution in [0.5, 0.6) is 0 Å². The van der Waals surface area contributed by atoms with Crippen LogP contribution in [0.4, 0.5) is 11.6 Å². The predicted molar refractivity (Wildman–Crippen MR) is 70.3 cm³/mol. The van der Waals surface area contributed by atoms with E-state index in [0.717, 1.165) is 36.8 Å². The van der Waals surface area contributed by atoms with Crippen LogP contribution in [0.25, 0.3) is 0 Å². The summed E-state index contributed by atoms with van der Waals surface area (Å²) in [7, 11) is 0. The van der Waals surface area contributed by atoms with Gasteiger partial charge in [0.05, 0.1) is 6.10 Å². The van der Waals surface area contributed by atoms with Crippen molar-refractivity contribution in [3.05, 3.63) is 11.9 Å². The van der Waals surface area contributed by atoms with Gasteiger partial charge in [0, 0.05) is 19.2 Å². The molecule has 0 aliphatic carbocycles. The molecule has 5 heteroatoms. The Labute approximate surface area is 103 Å². The third-order valence-corrected chi connectivity index (χ3v) is 2.38. The summed E-state index contributed by atoms with van der Waals surface area (Å²) in [4.78, 5) is 8.57. The van der Waals surface area contributed by atoms with E-state index in [1.54, 1.807) is 0 Å². The number of aliphatic hydroxyl groups is 1. The second-order valence-corrected chi connectivity index (χ2v) is 4.06. The smallest absolute Gasteiger partial charge is 0.131 e. The number of aryl methyl sites for hydroxylation is 1. The van der Waals surface area contributed by atoms with Gasteiger partial charge < -0.3 is 15.7 Å². The second kappa shape index (κ2) is 7.06. The van der Waals surface area contributed by atoms with Crippen molar-refractivity contribution in [2.24, 2.45) is 0 Å². The van der Waals surface area contributed by atoms with Gasteiger partial charge in [-0.3, -0.25) is 0 Å². The van der Waals surface area contributed by atoms with Crippen molar-refractivity contribution < 1.29 is 5.11 Å². The number of nitrogens with zero attached hydrogens (tertiary/aromatic N) is 2. The summed E-state index contributed by atoms with van der Waals surface area (Å²) < 4.78 is 0. The topological polar surface area (TPSA) is 70.1 Å². The highest BCUT2D eigenvalue weighted by molar-refractivity contribution is 5.47. The lowest BCUT2D eigenvalue weighted by Crippen LogP contribution is -2.19. The minimum atomic E-state index is -0.336. The third kappa shape index (κ3) is 4.99. The highest BCUT2D eigenvalue weighted by atomic mass is 16.3. The Hall–Kier alpha value is -1.36. The van der Waals surface area contributed by atoms with Crippen molar-refractivity contribution in [3.8, 4) is 0 Å². The van der Waals surface area contributed by atoms with Gasteiger partial charge in [-0.1, -0.05) is 13.8 Å². The normalized spacial score (nSPS) is 12.2. The Morgan fingerprint density at radius 2 is 1.88 bits per heavy atom. The summed E-state index contributed by atoms with van der Waals surface area (Å²) in [5.41, 5.74) is 0. The minimum Gasteiger partial charge on any atom is -0.391 e. The lowest BCUT2D eigenvalue weighted by atomic mass is 10.3. The van der Waals surface area contributed by atoms with E-state index in [1.165, 1.54) is 0 Å². The fourth-order valence-corrected chi connectivity index (χ4v) is 1.37. The van der Waals surface area contributed by atoms with E-state index in [-0.39, 0.29) is 6.10 Å². The number of rotatable bonds is 7. The number of nitrogens with one attached hydrogen (secondary N) is 2. The molecule has 96 valence electrons. The molecule has 3 N–H and O–H groups in total. The average Bonchev–Trinajstić information content (AvgIpc) is 2.32. The van der Waals surface area contributed by atoms with E-state index in [4.69, 9.17) is 0 Å². The summed E-state index contributed by atoms with van der Waals surface area (Å²) >= 11 is 0. The van der Waals surface area contributed by atoms with Crippen LogP contribution in [0, 0.1) is 6.92 Å². The van der Waals surface area contributed by atoms with E-state index in [9.17, 15) is 5.11 Å². The first kappa shape index (κ1) is 13.7. The van der Waals surface area contributed by atoms with Gasteiger partial charge >= 0.3 is 0 Å². The molecule has 0 bridgehead atoms. The molecule has 0 radical (unpaired) electrons. The molecule has 0 aromatic carbocycles. The van der Waals surface area contributed by atoms with Gasteiger partial charge in [0.25, 0.3) is 0 Å². The van der Waals surface area contributed by atoms with E-state index < -0.39 is 0 Å². The van der Waals surface area contributed by atoms with E-state index in [1.807, 2.05) is 19.9 Å². The molecule has 1 atom stereocenters. The summed E-state index contributed by atoms with van der Waals surface area (Å²) in [6.07, 6.45) is 1.45. The fraction of sp³-hybridized carbons (Fsp3) is 0.667. The zero-order chi connectivity index (χ0) is 12.7. The lowest BCUT2D eigenvalue weighted by molar-refractivity contribution is 0.183. The molecule has 5 nitrogen and oxygen atoms in total. The van der Waals surface area contributed by atoms with Crippen LogP contribution in [0.1, 0.15) is 32.5 Å². The van der Waals surface area contributed by atoms with Crippen molar-refractivity contribution in [3.63, 3.8) is 0 Å². The van der Waals surface area contributed by atoms with Gasteiger partial charge in [-0.15, -0.1) is 0 Å². The summed E-state index contributed by atoms with van der Waals surface area (Å²) in [5.74, 6) is 2.30. The molecule has 0 spiro atoms. The molecule has 1 unspecified atom stereocenters. The van der Waals surface area contributed by atoms with Crippen LogP contribution in [0.3, 0.4) is 0 Å². The Morgan fingerprint density at radius 3 is 2.47 bits per heavy atom. The van der Waals surface area contributed by atoms with Crippen LogP contribution in [0.15, 0.2) is 6.07 Å². The van der Waals surface area contributed by atoms with Crippen molar-refractivity contribution >= 4 is 11.6 Å². The molecule has 0 saturated carbocycles. The highest BCUT2D eigenvalue weighted by Gasteiger charge is 2.04. The van der Waals surface area contributed by atoms with Gasteiger partial charge in [0.1, 0.15) is 17.5 Å². The van der Waals surface area contributed by atoms with Crippen LogP contribution in [-0.4, -0.2) is 34.3 Å². The molecular formula is C12H22N4O. The van der Waals surface area contributed by atoms with Gasteiger partial charge in [-0.05, 0) is 19.8 Å². The molecule has 1 aromatic heterocycles. The number of aromatic nitrogens is 2. The van der Waals surface area contributed by atoms with Crippen LogP contribution >= 0.6 is 0 Å². The maximum atomic E-state index is 9.48. The summed E-state index contributed by atoms with van der Waals surface area (Å²) in [6.45, 7) is 7.33. The van der Waals surface area contributed by atoms with Gasteiger partial charge in [0.15, 0.2) is 0 Å². The molecular weight excluding hydrogens is 216 g/mol. The van der Waals surface area contributed by atoms with E-state index in [2.05, 4.69) is 27.5 Å². The highest BCUT2D eigenvalue weighted by Crippen LogP contribution is 2.11. The Kier molecular flexibility index (Phi) is 5.69.